The van der Waals surface area contributed by atoms with Gasteiger partial charge in [-0.2, -0.15) is 0 Å². The number of benzene rings is 3. The van der Waals surface area contributed by atoms with Gasteiger partial charge in [0.05, 0.1) is 24.9 Å². The summed E-state index contributed by atoms with van der Waals surface area (Å²) in [5, 5.41) is 14.8. The molecule has 1 saturated heterocycles. The predicted molar refractivity (Wildman–Crippen MR) is 193 cm³/mol. The molecule has 0 aliphatic carbocycles. The van der Waals surface area contributed by atoms with Crippen LogP contribution in [-0.4, -0.2) is 76.3 Å². The Morgan fingerprint density at radius 1 is 0.878 bits per heavy atom. The molecule has 258 valence electrons. The van der Waals surface area contributed by atoms with E-state index in [2.05, 4.69) is 10.3 Å². The molecular weight excluding hydrogens is 614 g/mol. The Hall–Kier alpha value is -4.73. The van der Waals surface area contributed by atoms with E-state index in [-0.39, 0.29) is 24.4 Å². The topological polar surface area (TPSA) is 121 Å². The number of pyridine rings is 1. The van der Waals surface area contributed by atoms with Crippen LogP contribution in [0.4, 0.5) is 4.79 Å². The summed E-state index contributed by atoms with van der Waals surface area (Å²) in [7, 11) is 1.60. The minimum absolute atomic E-state index is 0.158. The average Bonchev–Trinajstić information content (AvgIpc) is 3.43. The number of aromatic nitrogens is 1. The van der Waals surface area contributed by atoms with E-state index in [1.165, 1.54) is 0 Å². The molecule has 49 heavy (non-hydrogen) atoms. The van der Waals surface area contributed by atoms with Crippen molar-refractivity contribution >= 4 is 11.9 Å². The van der Waals surface area contributed by atoms with Gasteiger partial charge >= 0.3 is 6.03 Å². The van der Waals surface area contributed by atoms with E-state index in [4.69, 9.17) is 10.5 Å². The second kappa shape index (κ2) is 16.1. The van der Waals surface area contributed by atoms with Crippen LogP contribution in [0.15, 0.2) is 103 Å². The summed E-state index contributed by atoms with van der Waals surface area (Å²) in [5.41, 5.74) is 10.9. The number of rotatable bonds is 14. The summed E-state index contributed by atoms with van der Waals surface area (Å²) >= 11 is 0. The SMILES string of the molecule is COc1cccc(-c2ccc(C[C@H](N)C[C@H](O)[C@H](Cc3ccccc3)NC(=O)C(N3CCN(Cc4ccccc4)C3=O)C(C)(C)C)cc2)n1. The van der Waals surface area contributed by atoms with Crippen molar-refractivity contribution in [1.29, 1.82) is 0 Å². The smallest absolute Gasteiger partial charge is 0.321 e. The van der Waals surface area contributed by atoms with E-state index in [9.17, 15) is 14.7 Å². The quantitative estimate of drug-likeness (QED) is 0.165. The van der Waals surface area contributed by atoms with Gasteiger partial charge in [0, 0.05) is 37.3 Å². The van der Waals surface area contributed by atoms with Crippen molar-refractivity contribution in [2.45, 2.75) is 70.8 Å². The molecule has 0 saturated carbocycles. The Labute approximate surface area is 290 Å². The molecule has 2 heterocycles. The van der Waals surface area contributed by atoms with Crippen LogP contribution in [0, 0.1) is 5.41 Å². The van der Waals surface area contributed by atoms with Gasteiger partial charge in [-0.25, -0.2) is 9.78 Å². The zero-order chi connectivity index (χ0) is 35.0. The summed E-state index contributed by atoms with van der Waals surface area (Å²) in [6.45, 7) is 7.39. The van der Waals surface area contributed by atoms with Crippen molar-refractivity contribution in [3.63, 3.8) is 0 Å². The lowest BCUT2D eigenvalue weighted by Gasteiger charge is -2.38. The van der Waals surface area contributed by atoms with Crippen molar-refractivity contribution in [3.05, 3.63) is 120 Å². The minimum atomic E-state index is -0.913. The number of ether oxygens (including phenoxy) is 1. The maximum Gasteiger partial charge on any atom is 0.321 e. The van der Waals surface area contributed by atoms with Crippen molar-refractivity contribution in [2.75, 3.05) is 20.2 Å². The number of amides is 3. The monoisotopic (exact) mass is 663 g/mol. The molecule has 1 aliphatic rings. The normalized spacial score (nSPS) is 15.8. The van der Waals surface area contributed by atoms with Gasteiger partial charge in [-0.3, -0.25) is 4.79 Å². The van der Waals surface area contributed by atoms with Crippen LogP contribution in [-0.2, 0) is 24.2 Å². The first kappa shape index (κ1) is 35.6. The molecule has 5 rings (SSSR count). The highest BCUT2D eigenvalue weighted by Gasteiger charge is 2.44. The second-order valence-electron chi connectivity index (χ2n) is 14.0. The molecule has 4 atom stereocenters. The molecular formula is C40H49N5O4. The Morgan fingerprint density at radius 2 is 1.51 bits per heavy atom. The van der Waals surface area contributed by atoms with Crippen molar-refractivity contribution in [1.82, 2.24) is 20.1 Å². The summed E-state index contributed by atoms with van der Waals surface area (Å²) in [6.07, 6.45) is 0.348. The highest BCUT2D eigenvalue weighted by atomic mass is 16.5. The van der Waals surface area contributed by atoms with Gasteiger partial charge in [-0.1, -0.05) is 112 Å². The van der Waals surface area contributed by atoms with Crippen LogP contribution in [0.5, 0.6) is 5.88 Å². The number of hydrogen-bond acceptors (Lipinski definition) is 6. The van der Waals surface area contributed by atoms with Crippen LogP contribution in [0.25, 0.3) is 11.3 Å². The zero-order valence-corrected chi connectivity index (χ0v) is 29.0. The number of methoxy groups -OCH3 is 1. The number of nitrogens with zero attached hydrogens (tertiary/aromatic N) is 3. The van der Waals surface area contributed by atoms with Crippen molar-refractivity contribution in [3.8, 4) is 17.1 Å². The fourth-order valence-corrected chi connectivity index (χ4v) is 6.57. The number of aliphatic hydroxyl groups is 1. The Kier molecular flexibility index (Phi) is 11.7. The molecule has 1 aliphatic heterocycles. The van der Waals surface area contributed by atoms with Gasteiger partial charge in [-0.05, 0) is 47.4 Å². The van der Waals surface area contributed by atoms with E-state index in [1.807, 2.05) is 124 Å². The minimum Gasteiger partial charge on any atom is -0.481 e. The first-order valence-corrected chi connectivity index (χ1v) is 17.0. The fraction of sp³-hybridized carbons (Fsp3) is 0.375. The molecule has 0 bridgehead atoms. The van der Waals surface area contributed by atoms with Gasteiger partial charge in [0.25, 0.3) is 0 Å². The number of nitrogens with one attached hydrogen (secondary N) is 1. The molecule has 1 fully saturated rings. The van der Waals surface area contributed by atoms with Crippen LogP contribution in [0.1, 0.15) is 43.9 Å². The number of hydrogen-bond donors (Lipinski definition) is 3. The second-order valence-corrected chi connectivity index (χ2v) is 14.0. The molecule has 9 heteroatoms. The van der Waals surface area contributed by atoms with Gasteiger partial charge in [0.15, 0.2) is 0 Å². The zero-order valence-electron chi connectivity index (χ0n) is 29.0. The summed E-state index contributed by atoms with van der Waals surface area (Å²) in [4.78, 5) is 35.8. The Bertz CT molecular complexity index is 1660. The standard InChI is InChI=1S/C40H49N5O4/c1-40(2,3)37(45-23-22-44(39(45)48)27-30-14-9-6-10-15-30)38(47)43-34(25-28-12-7-5-8-13-28)35(46)26-32(41)24-29-18-20-31(21-19-29)33-16-11-17-36(42-33)49-4/h5-21,32,34-35,37,46H,22-27,41H2,1-4H3,(H,43,47)/t32-,34-,35-,37?/m0/s1. The number of nitrogens with two attached hydrogens (primary N) is 1. The van der Waals surface area contributed by atoms with Gasteiger partial charge in [-0.15, -0.1) is 0 Å². The lowest BCUT2D eigenvalue weighted by Crippen LogP contribution is -2.58. The fourth-order valence-electron chi connectivity index (χ4n) is 6.57. The Balaban J connectivity index is 1.27. The molecule has 9 nitrogen and oxygen atoms in total. The van der Waals surface area contributed by atoms with Crippen LogP contribution in [0.3, 0.4) is 0 Å². The molecule has 1 unspecified atom stereocenters. The molecule has 3 amide bonds. The first-order chi connectivity index (χ1) is 23.5. The first-order valence-electron chi connectivity index (χ1n) is 17.0. The number of aliphatic hydroxyl groups excluding tert-OH is 1. The van der Waals surface area contributed by atoms with E-state index < -0.39 is 23.6 Å². The van der Waals surface area contributed by atoms with Gasteiger partial charge < -0.3 is 30.7 Å². The molecule has 4 N–H and O–H groups in total. The van der Waals surface area contributed by atoms with Crippen molar-refractivity contribution in [2.24, 2.45) is 11.1 Å². The highest BCUT2D eigenvalue weighted by molar-refractivity contribution is 5.89. The third kappa shape index (κ3) is 9.46. The van der Waals surface area contributed by atoms with Crippen LogP contribution >= 0.6 is 0 Å². The Morgan fingerprint density at radius 3 is 2.14 bits per heavy atom. The van der Waals surface area contributed by atoms with Crippen molar-refractivity contribution < 1.29 is 19.4 Å². The number of carbonyl (C=O) groups excluding carboxylic acids is 2. The molecule has 4 aromatic rings. The summed E-state index contributed by atoms with van der Waals surface area (Å²) in [6, 6.07) is 31.5. The van der Waals surface area contributed by atoms with E-state index in [0.29, 0.717) is 38.4 Å². The van der Waals surface area contributed by atoms with E-state index >= 15 is 0 Å². The third-order valence-corrected chi connectivity index (χ3v) is 9.04. The van der Waals surface area contributed by atoms with Gasteiger partial charge in [0.2, 0.25) is 11.8 Å². The lowest BCUT2D eigenvalue weighted by molar-refractivity contribution is -0.130. The maximum atomic E-state index is 14.2. The summed E-state index contributed by atoms with van der Waals surface area (Å²) in [5.74, 6) is 0.276. The third-order valence-electron chi connectivity index (χ3n) is 9.04. The van der Waals surface area contributed by atoms with Gasteiger partial charge in [0.1, 0.15) is 6.04 Å². The highest BCUT2D eigenvalue weighted by Crippen LogP contribution is 2.29. The van der Waals surface area contributed by atoms with E-state index in [1.54, 1.807) is 16.9 Å². The van der Waals surface area contributed by atoms with Crippen LogP contribution in [0.2, 0.25) is 0 Å². The van der Waals surface area contributed by atoms with Crippen LogP contribution < -0.4 is 15.8 Å². The predicted octanol–water partition coefficient (Wildman–Crippen LogP) is 5.46. The molecule has 0 spiro atoms. The lowest BCUT2D eigenvalue weighted by atomic mass is 9.84. The molecule has 3 aromatic carbocycles. The maximum absolute atomic E-state index is 14.2. The summed E-state index contributed by atoms with van der Waals surface area (Å²) < 4.78 is 5.26. The largest absolute Gasteiger partial charge is 0.481 e. The average molecular weight is 664 g/mol. The molecule has 1 aromatic heterocycles. The van der Waals surface area contributed by atoms with E-state index in [0.717, 1.165) is 27.9 Å². The molecule has 0 radical (unpaired) electrons. The number of urea groups is 1. The number of carbonyl (C=O) groups is 2.